The molecule has 4 atom stereocenters. The van der Waals surface area contributed by atoms with Crippen molar-refractivity contribution in [3.63, 3.8) is 0 Å². The summed E-state index contributed by atoms with van der Waals surface area (Å²) in [6, 6.07) is 1.06. The van der Waals surface area contributed by atoms with Gasteiger partial charge in [0, 0.05) is 29.0 Å². The van der Waals surface area contributed by atoms with Gasteiger partial charge in [0.25, 0.3) is 0 Å². The van der Waals surface area contributed by atoms with Crippen LogP contribution in [0.1, 0.15) is 71.6 Å². The number of thioether (sulfide) groups is 1. The molecule has 0 amide bonds. The Bertz CT molecular complexity index is 528. The first-order valence-corrected chi connectivity index (χ1v) is 11.0. The van der Waals surface area contributed by atoms with Crippen molar-refractivity contribution in [2.75, 3.05) is 6.54 Å². The predicted octanol–water partition coefficient (Wildman–Crippen LogP) is 4.31. The number of esters is 1. The van der Waals surface area contributed by atoms with E-state index in [0.29, 0.717) is 17.3 Å². The molecule has 4 heteroatoms. The second kappa shape index (κ2) is 6.68. The summed E-state index contributed by atoms with van der Waals surface area (Å²) < 4.78 is 5.98. The van der Waals surface area contributed by atoms with Gasteiger partial charge in [-0.3, -0.25) is 4.90 Å². The number of carbonyl (C=O) groups is 1. The average molecular weight is 350 g/mol. The van der Waals surface area contributed by atoms with E-state index in [4.69, 9.17) is 4.74 Å². The monoisotopic (exact) mass is 349 g/mol. The quantitative estimate of drug-likeness (QED) is 0.668. The Hall–Kier alpha value is -0.480. The smallest absolute Gasteiger partial charge is 0.331 e. The van der Waals surface area contributed by atoms with Crippen LogP contribution in [0.2, 0.25) is 0 Å². The molecule has 4 rings (SSSR count). The second-order valence-corrected chi connectivity index (χ2v) is 9.62. The van der Waals surface area contributed by atoms with E-state index in [1.165, 1.54) is 57.1 Å². The van der Waals surface area contributed by atoms with Crippen LogP contribution < -0.4 is 0 Å². The molecule has 3 aliphatic heterocycles. The molecule has 0 aromatic carbocycles. The summed E-state index contributed by atoms with van der Waals surface area (Å²) in [5, 5.41) is 1.42. The maximum Gasteiger partial charge on any atom is 0.331 e. The standard InChI is InChI=1S/C20H31NO2S/c1-3-7-15(8-4-2)24-17-11-14-12-19(22)23-20(14)13-16(17)21-10-6-5-9-18(20)21/h12,15-18H,3-11,13H2,1-2H3. The van der Waals surface area contributed by atoms with Gasteiger partial charge in [-0.2, -0.15) is 11.8 Å². The van der Waals surface area contributed by atoms with Crippen molar-refractivity contribution in [3.8, 4) is 0 Å². The van der Waals surface area contributed by atoms with Gasteiger partial charge >= 0.3 is 5.97 Å². The number of rotatable bonds is 6. The van der Waals surface area contributed by atoms with Gasteiger partial charge in [0.15, 0.2) is 5.60 Å². The molecule has 3 fully saturated rings. The average Bonchev–Trinajstić information content (AvgIpc) is 3.04. The van der Waals surface area contributed by atoms with Crippen LogP contribution in [0, 0.1) is 0 Å². The van der Waals surface area contributed by atoms with E-state index in [0.717, 1.165) is 18.1 Å². The molecule has 1 aliphatic carbocycles. The molecule has 0 N–H and O–H groups in total. The van der Waals surface area contributed by atoms with E-state index in [1.807, 2.05) is 6.08 Å². The second-order valence-electron chi connectivity index (χ2n) is 8.08. The highest BCUT2D eigenvalue weighted by Gasteiger charge is 2.63. The predicted molar refractivity (Wildman–Crippen MR) is 99.3 cm³/mol. The molecule has 0 aromatic rings. The molecule has 0 radical (unpaired) electrons. The van der Waals surface area contributed by atoms with Crippen LogP contribution >= 0.6 is 11.8 Å². The van der Waals surface area contributed by atoms with Gasteiger partial charge in [-0.1, -0.05) is 33.1 Å². The number of fused-ring (bicyclic) bond motifs is 3. The van der Waals surface area contributed by atoms with Gasteiger partial charge in [0.1, 0.15) is 0 Å². The van der Waals surface area contributed by atoms with E-state index in [-0.39, 0.29) is 11.6 Å². The Labute approximate surface area is 150 Å². The minimum Gasteiger partial charge on any atom is -0.450 e. The maximum absolute atomic E-state index is 12.1. The molecule has 1 saturated carbocycles. The Kier molecular flexibility index (Phi) is 4.72. The van der Waals surface area contributed by atoms with Gasteiger partial charge in [0.2, 0.25) is 0 Å². The van der Waals surface area contributed by atoms with Crippen LogP contribution in [0.15, 0.2) is 11.6 Å². The maximum atomic E-state index is 12.1. The lowest BCUT2D eigenvalue weighted by atomic mass is 9.77. The fourth-order valence-corrected chi connectivity index (χ4v) is 7.60. The third-order valence-electron chi connectivity index (χ3n) is 6.58. The van der Waals surface area contributed by atoms with Crippen molar-refractivity contribution in [1.82, 2.24) is 4.90 Å². The molecule has 134 valence electrons. The van der Waals surface area contributed by atoms with Crippen molar-refractivity contribution in [2.45, 2.75) is 99.8 Å². The summed E-state index contributed by atoms with van der Waals surface area (Å²) >= 11 is 2.23. The molecule has 2 bridgehead atoms. The molecule has 2 saturated heterocycles. The van der Waals surface area contributed by atoms with E-state index in [9.17, 15) is 4.79 Å². The lowest BCUT2D eigenvalue weighted by Crippen LogP contribution is -2.48. The normalized spacial score (nSPS) is 38.0. The molecule has 24 heavy (non-hydrogen) atoms. The highest BCUT2D eigenvalue weighted by Crippen LogP contribution is 2.56. The molecule has 0 aromatic heterocycles. The third-order valence-corrected chi connectivity index (χ3v) is 8.26. The zero-order chi connectivity index (χ0) is 16.7. The molecule has 4 aliphatic rings. The number of hydrogen-bond acceptors (Lipinski definition) is 4. The van der Waals surface area contributed by atoms with Crippen molar-refractivity contribution in [3.05, 3.63) is 11.6 Å². The van der Waals surface area contributed by atoms with Crippen molar-refractivity contribution in [2.24, 2.45) is 0 Å². The highest BCUT2D eigenvalue weighted by molar-refractivity contribution is 8.00. The molecular weight excluding hydrogens is 318 g/mol. The van der Waals surface area contributed by atoms with Crippen LogP contribution in [0.25, 0.3) is 0 Å². The Balaban J connectivity index is 1.59. The zero-order valence-electron chi connectivity index (χ0n) is 15.1. The van der Waals surface area contributed by atoms with Gasteiger partial charge in [-0.15, -0.1) is 0 Å². The van der Waals surface area contributed by atoms with E-state index >= 15 is 0 Å². The lowest BCUT2D eigenvalue weighted by Gasteiger charge is -2.38. The number of piperidine rings is 1. The first kappa shape index (κ1) is 17.0. The number of carbonyl (C=O) groups excluding carboxylic acids is 1. The molecule has 3 nitrogen and oxygen atoms in total. The summed E-state index contributed by atoms with van der Waals surface area (Å²) in [6.07, 6.45) is 13.0. The summed E-state index contributed by atoms with van der Waals surface area (Å²) in [4.78, 5) is 14.8. The fourth-order valence-electron chi connectivity index (χ4n) is 5.65. The summed E-state index contributed by atoms with van der Waals surface area (Å²) in [5.74, 6) is -0.0829. The lowest BCUT2D eigenvalue weighted by molar-refractivity contribution is -0.148. The number of ether oxygens (including phenoxy) is 1. The van der Waals surface area contributed by atoms with Crippen molar-refractivity contribution < 1.29 is 9.53 Å². The van der Waals surface area contributed by atoms with Gasteiger partial charge in [0.05, 0.1) is 6.04 Å². The summed E-state index contributed by atoms with van der Waals surface area (Å²) in [7, 11) is 0. The molecular formula is C20H31NO2S. The van der Waals surface area contributed by atoms with Crippen LogP contribution in [-0.2, 0) is 9.53 Å². The van der Waals surface area contributed by atoms with Crippen LogP contribution in [0.3, 0.4) is 0 Å². The fraction of sp³-hybridized carbons (Fsp3) is 0.850. The van der Waals surface area contributed by atoms with Crippen LogP contribution in [-0.4, -0.2) is 45.6 Å². The van der Waals surface area contributed by atoms with E-state index in [2.05, 4.69) is 30.5 Å². The Morgan fingerprint density at radius 3 is 2.88 bits per heavy atom. The molecule has 1 spiro atoms. The number of hydrogen-bond donors (Lipinski definition) is 0. The van der Waals surface area contributed by atoms with Crippen molar-refractivity contribution in [1.29, 1.82) is 0 Å². The van der Waals surface area contributed by atoms with Crippen LogP contribution in [0.5, 0.6) is 0 Å². The van der Waals surface area contributed by atoms with E-state index in [1.54, 1.807) is 0 Å². The van der Waals surface area contributed by atoms with Crippen molar-refractivity contribution >= 4 is 17.7 Å². The first-order chi connectivity index (χ1) is 11.7. The van der Waals surface area contributed by atoms with Crippen LogP contribution in [0.4, 0.5) is 0 Å². The third kappa shape index (κ3) is 2.65. The SMILES string of the molecule is CCCC(CCC)SC1CC2=CC(=O)OC23CC1N1CCCCC13. The molecule has 4 unspecified atom stereocenters. The summed E-state index contributed by atoms with van der Waals surface area (Å²) in [5.41, 5.74) is 1.08. The number of nitrogens with zero attached hydrogens (tertiary/aromatic N) is 1. The minimum absolute atomic E-state index is 0.0829. The van der Waals surface area contributed by atoms with Gasteiger partial charge < -0.3 is 4.74 Å². The first-order valence-electron chi connectivity index (χ1n) is 10.0. The van der Waals surface area contributed by atoms with Gasteiger partial charge in [-0.25, -0.2) is 4.79 Å². The highest BCUT2D eigenvalue weighted by atomic mass is 32.2. The largest absolute Gasteiger partial charge is 0.450 e. The zero-order valence-corrected chi connectivity index (χ0v) is 15.9. The van der Waals surface area contributed by atoms with Gasteiger partial charge in [-0.05, 0) is 44.2 Å². The van der Waals surface area contributed by atoms with E-state index < -0.39 is 0 Å². The molecule has 3 heterocycles. The topological polar surface area (TPSA) is 29.5 Å². The summed E-state index contributed by atoms with van der Waals surface area (Å²) in [6.45, 7) is 5.81. The minimum atomic E-state index is -0.246. The Morgan fingerprint density at radius 1 is 1.33 bits per heavy atom. The Morgan fingerprint density at radius 2 is 2.12 bits per heavy atom.